The second-order valence-electron chi connectivity index (χ2n) is 6.74. The molecule has 0 radical (unpaired) electrons. The molecule has 0 unspecified atom stereocenters. The maximum absolute atomic E-state index is 12.9. The Morgan fingerprint density at radius 1 is 1.35 bits per heavy atom. The van der Waals surface area contributed by atoms with Gasteiger partial charge in [0.05, 0.1) is 18.6 Å². The number of hydrogen-bond donors (Lipinski definition) is 1. The minimum Gasteiger partial charge on any atom is -0.383 e. The first-order chi connectivity index (χ1) is 12.5. The second kappa shape index (κ2) is 8.01. The lowest BCUT2D eigenvalue weighted by Gasteiger charge is -2.28. The van der Waals surface area contributed by atoms with Gasteiger partial charge in [0.2, 0.25) is 11.8 Å². The van der Waals surface area contributed by atoms with E-state index in [1.807, 2.05) is 55.6 Å². The highest BCUT2D eigenvalue weighted by molar-refractivity contribution is 7.10. The summed E-state index contributed by atoms with van der Waals surface area (Å²) in [6.45, 7) is 4.35. The fraction of sp³-hybridized carbons (Fsp3) is 0.400. The van der Waals surface area contributed by atoms with Crippen LogP contribution in [0, 0.1) is 12.8 Å². The van der Waals surface area contributed by atoms with Gasteiger partial charge in [0.15, 0.2) is 0 Å². The van der Waals surface area contributed by atoms with Crippen molar-refractivity contribution in [3.05, 3.63) is 52.2 Å². The van der Waals surface area contributed by atoms with Crippen LogP contribution in [0.4, 0.5) is 5.69 Å². The molecule has 1 aromatic heterocycles. The van der Waals surface area contributed by atoms with E-state index in [2.05, 4.69) is 5.32 Å². The largest absolute Gasteiger partial charge is 0.383 e. The average Bonchev–Trinajstić information content (AvgIpc) is 3.23. The van der Waals surface area contributed by atoms with Crippen LogP contribution in [0.2, 0.25) is 0 Å². The molecule has 6 heteroatoms. The van der Waals surface area contributed by atoms with E-state index in [4.69, 9.17) is 4.74 Å². The maximum Gasteiger partial charge on any atom is 0.228 e. The standard InChI is InChI=1S/C20H24N2O3S/c1-13-6-8-15(9-7-13)22-18(23)11-16(19(22)17-5-4-10-26-17)20(24)21-14(2)12-25-3/h4-10,14,16,19H,11-12H2,1-3H3,(H,21,24)/t14-,16+,19-/m0/s1. The van der Waals surface area contributed by atoms with Crippen molar-refractivity contribution >= 4 is 28.8 Å². The van der Waals surface area contributed by atoms with E-state index in [1.54, 1.807) is 23.3 Å². The fourth-order valence-corrected chi connectivity index (χ4v) is 4.29. The molecule has 138 valence electrons. The molecule has 0 bridgehead atoms. The highest BCUT2D eigenvalue weighted by atomic mass is 32.1. The van der Waals surface area contributed by atoms with Crippen LogP contribution in [0.25, 0.3) is 0 Å². The summed E-state index contributed by atoms with van der Waals surface area (Å²) in [5, 5.41) is 4.96. The molecule has 1 N–H and O–H groups in total. The van der Waals surface area contributed by atoms with Crippen LogP contribution in [-0.4, -0.2) is 31.6 Å². The SMILES string of the molecule is COC[C@H](C)NC(=O)[C@@H]1CC(=O)N(c2ccc(C)cc2)[C@@H]1c1cccs1. The van der Waals surface area contributed by atoms with Crippen LogP contribution >= 0.6 is 11.3 Å². The summed E-state index contributed by atoms with van der Waals surface area (Å²) in [5.41, 5.74) is 1.97. The number of carbonyl (C=O) groups is 2. The molecule has 2 amide bonds. The minimum absolute atomic E-state index is 0.0215. The molecule has 2 heterocycles. The molecule has 3 rings (SSSR count). The molecule has 1 fully saturated rings. The third kappa shape index (κ3) is 3.81. The quantitative estimate of drug-likeness (QED) is 0.846. The first-order valence-electron chi connectivity index (χ1n) is 8.72. The predicted molar refractivity (Wildman–Crippen MR) is 103 cm³/mol. The lowest BCUT2D eigenvalue weighted by molar-refractivity contribution is -0.127. The maximum atomic E-state index is 12.9. The van der Waals surface area contributed by atoms with E-state index in [0.717, 1.165) is 16.1 Å². The van der Waals surface area contributed by atoms with E-state index in [-0.39, 0.29) is 30.3 Å². The third-order valence-electron chi connectivity index (χ3n) is 4.61. The monoisotopic (exact) mass is 372 g/mol. The van der Waals surface area contributed by atoms with E-state index in [1.165, 1.54) is 0 Å². The number of rotatable bonds is 6. The summed E-state index contributed by atoms with van der Waals surface area (Å²) in [4.78, 5) is 28.5. The van der Waals surface area contributed by atoms with Crippen molar-refractivity contribution in [2.45, 2.75) is 32.4 Å². The Morgan fingerprint density at radius 2 is 2.08 bits per heavy atom. The number of aryl methyl sites for hydroxylation is 1. The van der Waals surface area contributed by atoms with Crippen LogP contribution < -0.4 is 10.2 Å². The first-order valence-corrected chi connectivity index (χ1v) is 9.60. The summed E-state index contributed by atoms with van der Waals surface area (Å²) < 4.78 is 5.10. The molecule has 26 heavy (non-hydrogen) atoms. The van der Waals surface area contributed by atoms with Crippen molar-refractivity contribution in [1.82, 2.24) is 5.32 Å². The lowest BCUT2D eigenvalue weighted by Crippen LogP contribution is -2.41. The zero-order valence-electron chi connectivity index (χ0n) is 15.3. The van der Waals surface area contributed by atoms with E-state index in [9.17, 15) is 9.59 Å². The van der Waals surface area contributed by atoms with Gasteiger partial charge in [-0.3, -0.25) is 9.59 Å². The van der Waals surface area contributed by atoms with Gasteiger partial charge in [0.1, 0.15) is 0 Å². The van der Waals surface area contributed by atoms with Crippen molar-refractivity contribution in [2.24, 2.45) is 5.92 Å². The predicted octanol–water partition coefficient (Wildman–Crippen LogP) is 3.30. The number of nitrogens with one attached hydrogen (secondary N) is 1. The highest BCUT2D eigenvalue weighted by Crippen LogP contribution is 2.43. The average molecular weight is 372 g/mol. The number of thiophene rings is 1. The lowest BCUT2D eigenvalue weighted by atomic mass is 9.97. The normalized spacial score (nSPS) is 21.0. The smallest absolute Gasteiger partial charge is 0.228 e. The number of carbonyl (C=O) groups excluding carboxylic acids is 2. The van der Waals surface area contributed by atoms with Crippen molar-refractivity contribution in [3.8, 4) is 0 Å². The first kappa shape index (κ1) is 18.6. The van der Waals surface area contributed by atoms with Crippen molar-refractivity contribution < 1.29 is 14.3 Å². The van der Waals surface area contributed by atoms with Crippen LogP contribution in [0.15, 0.2) is 41.8 Å². The number of hydrogen-bond acceptors (Lipinski definition) is 4. The summed E-state index contributed by atoms with van der Waals surface area (Å²) in [7, 11) is 1.61. The zero-order valence-corrected chi connectivity index (χ0v) is 16.1. The van der Waals surface area contributed by atoms with Gasteiger partial charge in [-0.25, -0.2) is 0 Å². The molecule has 1 saturated heterocycles. The molecule has 5 nitrogen and oxygen atoms in total. The Hall–Kier alpha value is -2.18. The summed E-state index contributed by atoms with van der Waals surface area (Å²) in [5.74, 6) is -0.538. The number of amides is 2. The van der Waals surface area contributed by atoms with Gasteiger partial charge in [-0.1, -0.05) is 23.8 Å². The van der Waals surface area contributed by atoms with Gasteiger partial charge in [-0.2, -0.15) is 0 Å². The van der Waals surface area contributed by atoms with Crippen LogP contribution in [0.5, 0.6) is 0 Å². The van der Waals surface area contributed by atoms with Crippen molar-refractivity contribution in [1.29, 1.82) is 0 Å². The molecule has 1 aliphatic rings. The molecule has 1 aliphatic heterocycles. The topological polar surface area (TPSA) is 58.6 Å². The number of ether oxygens (including phenoxy) is 1. The van der Waals surface area contributed by atoms with Gasteiger partial charge in [0.25, 0.3) is 0 Å². The number of benzene rings is 1. The Labute approximate surface area is 158 Å². The molecule has 0 aliphatic carbocycles. The van der Waals surface area contributed by atoms with Crippen LogP contribution in [0.3, 0.4) is 0 Å². The van der Waals surface area contributed by atoms with Crippen molar-refractivity contribution in [3.63, 3.8) is 0 Å². The van der Waals surface area contributed by atoms with Gasteiger partial charge in [0, 0.05) is 30.1 Å². The Morgan fingerprint density at radius 3 is 2.69 bits per heavy atom. The van der Waals surface area contributed by atoms with Gasteiger partial charge in [-0.05, 0) is 37.4 Å². The van der Waals surface area contributed by atoms with Crippen molar-refractivity contribution in [2.75, 3.05) is 18.6 Å². The van der Waals surface area contributed by atoms with Gasteiger partial charge in [-0.15, -0.1) is 11.3 Å². The van der Waals surface area contributed by atoms with Crippen LogP contribution in [-0.2, 0) is 14.3 Å². The van der Waals surface area contributed by atoms with E-state index in [0.29, 0.717) is 6.61 Å². The molecule has 2 aromatic rings. The third-order valence-corrected chi connectivity index (χ3v) is 5.55. The van der Waals surface area contributed by atoms with Gasteiger partial charge < -0.3 is 15.0 Å². The van der Waals surface area contributed by atoms with E-state index < -0.39 is 5.92 Å². The van der Waals surface area contributed by atoms with E-state index >= 15 is 0 Å². The molecule has 3 atom stereocenters. The summed E-state index contributed by atoms with van der Waals surface area (Å²) in [6, 6.07) is 11.4. The van der Waals surface area contributed by atoms with Gasteiger partial charge >= 0.3 is 0 Å². The minimum atomic E-state index is -0.415. The number of methoxy groups -OCH3 is 1. The number of nitrogens with zero attached hydrogens (tertiary/aromatic N) is 1. The highest BCUT2D eigenvalue weighted by Gasteiger charge is 2.45. The molecule has 1 aromatic carbocycles. The van der Waals surface area contributed by atoms with Crippen LogP contribution in [0.1, 0.15) is 29.8 Å². The summed E-state index contributed by atoms with van der Waals surface area (Å²) >= 11 is 1.58. The second-order valence-corrected chi connectivity index (χ2v) is 7.71. The Bertz CT molecular complexity index is 758. The summed E-state index contributed by atoms with van der Waals surface area (Å²) in [6.07, 6.45) is 0.210. The fourth-order valence-electron chi connectivity index (χ4n) is 3.41. The molecular weight excluding hydrogens is 348 g/mol. The molecule has 0 spiro atoms. The molecular formula is C20H24N2O3S. The zero-order chi connectivity index (χ0) is 18.7. The Kier molecular flexibility index (Phi) is 5.74. The number of anilines is 1. The molecule has 0 saturated carbocycles. The Balaban J connectivity index is 1.91.